The van der Waals surface area contributed by atoms with E-state index in [0.29, 0.717) is 0 Å². The minimum Gasteiger partial charge on any atom is -0.483 e. The Labute approximate surface area is 138 Å². The molecular formula is C20H25NO2. The van der Waals surface area contributed by atoms with Crippen LogP contribution in [0.2, 0.25) is 0 Å². The molecule has 0 saturated heterocycles. The number of ether oxygens (including phenoxy) is 1. The van der Waals surface area contributed by atoms with Gasteiger partial charge in [0.25, 0.3) is 5.91 Å². The van der Waals surface area contributed by atoms with Crippen molar-refractivity contribution in [1.29, 1.82) is 0 Å². The molecule has 3 nitrogen and oxygen atoms in total. The summed E-state index contributed by atoms with van der Waals surface area (Å²) in [5.41, 5.74) is 4.50. The highest BCUT2D eigenvalue weighted by atomic mass is 16.5. The van der Waals surface area contributed by atoms with E-state index in [1.807, 2.05) is 32.0 Å². The van der Waals surface area contributed by atoms with Crippen molar-refractivity contribution >= 4 is 5.91 Å². The monoisotopic (exact) mass is 311 g/mol. The highest BCUT2D eigenvalue weighted by Crippen LogP contribution is 2.20. The third-order valence-electron chi connectivity index (χ3n) is 3.93. The minimum absolute atomic E-state index is 0.0188. The van der Waals surface area contributed by atoms with Gasteiger partial charge in [0, 0.05) is 0 Å². The predicted molar refractivity (Wildman–Crippen MR) is 93.8 cm³/mol. The Morgan fingerprint density at radius 1 is 1.04 bits per heavy atom. The lowest BCUT2D eigenvalue weighted by Gasteiger charge is -2.18. The second-order valence-electron chi connectivity index (χ2n) is 6.00. The lowest BCUT2D eigenvalue weighted by Crippen LogP contribution is -2.32. The normalized spacial score (nSPS) is 11.8. The third-order valence-corrected chi connectivity index (χ3v) is 3.93. The first-order chi connectivity index (χ1) is 11.0. The molecule has 0 aromatic heterocycles. The van der Waals surface area contributed by atoms with E-state index in [1.165, 1.54) is 5.56 Å². The molecule has 0 spiro atoms. The van der Waals surface area contributed by atoms with Gasteiger partial charge in [-0.1, -0.05) is 48.9 Å². The number of nitrogens with one attached hydrogen (secondary N) is 1. The Bertz CT molecular complexity index is 662. The molecular weight excluding hydrogens is 286 g/mol. The van der Waals surface area contributed by atoms with Crippen molar-refractivity contribution in [2.45, 2.75) is 40.2 Å². The van der Waals surface area contributed by atoms with E-state index < -0.39 is 0 Å². The van der Waals surface area contributed by atoms with Crippen LogP contribution in [0.5, 0.6) is 5.75 Å². The zero-order valence-corrected chi connectivity index (χ0v) is 14.3. The van der Waals surface area contributed by atoms with Crippen LogP contribution in [0.25, 0.3) is 0 Å². The molecule has 0 aliphatic rings. The average Bonchev–Trinajstić information content (AvgIpc) is 2.54. The fraction of sp³-hybridized carbons (Fsp3) is 0.350. The number of rotatable bonds is 6. The zero-order chi connectivity index (χ0) is 16.8. The molecule has 122 valence electrons. The van der Waals surface area contributed by atoms with E-state index >= 15 is 0 Å². The third kappa shape index (κ3) is 4.85. The molecule has 0 aliphatic heterocycles. The summed E-state index contributed by atoms with van der Waals surface area (Å²) < 4.78 is 5.67. The molecule has 0 unspecified atom stereocenters. The van der Waals surface area contributed by atoms with Crippen LogP contribution < -0.4 is 10.1 Å². The van der Waals surface area contributed by atoms with Gasteiger partial charge >= 0.3 is 0 Å². The number of aryl methyl sites for hydroxylation is 3. The van der Waals surface area contributed by atoms with Gasteiger partial charge in [-0.25, -0.2) is 0 Å². The molecule has 2 aromatic rings. The predicted octanol–water partition coefficient (Wildman–Crippen LogP) is 4.26. The van der Waals surface area contributed by atoms with Gasteiger partial charge in [0.15, 0.2) is 6.61 Å². The topological polar surface area (TPSA) is 38.3 Å². The van der Waals surface area contributed by atoms with Gasteiger partial charge in [-0.15, -0.1) is 0 Å². The molecule has 3 heteroatoms. The van der Waals surface area contributed by atoms with Crippen molar-refractivity contribution in [3.8, 4) is 5.75 Å². The summed E-state index contributed by atoms with van der Waals surface area (Å²) in [5.74, 6) is 0.668. The molecule has 0 radical (unpaired) electrons. The zero-order valence-electron chi connectivity index (χ0n) is 14.3. The molecule has 0 aliphatic carbocycles. The van der Waals surface area contributed by atoms with Crippen molar-refractivity contribution in [3.05, 3.63) is 64.7 Å². The molecule has 0 heterocycles. The molecule has 0 bridgehead atoms. The smallest absolute Gasteiger partial charge is 0.258 e. The van der Waals surface area contributed by atoms with Crippen LogP contribution >= 0.6 is 0 Å². The van der Waals surface area contributed by atoms with E-state index in [0.717, 1.165) is 28.9 Å². The molecule has 1 atom stereocenters. The molecule has 0 fully saturated rings. The Morgan fingerprint density at radius 2 is 1.70 bits per heavy atom. The summed E-state index contributed by atoms with van der Waals surface area (Å²) in [6.45, 7) is 8.15. The van der Waals surface area contributed by atoms with E-state index in [2.05, 4.69) is 43.4 Å². The molecule has 1 amide bonds. The van der Waals surface area contributed by atoms with Gasteiger partial charge in [-0.2, -0.15) is 0 Å². The van der Waals surface area contributed by atoms with Crippen LogP contribution in [0.1, 0.15) is 41.6 Å². The summed E-state index contributed by atoms with van der Waals surface area (Å²) in [6.07, 6.45) is 0.846. The number of benzene rings is 2. The van der Waals surface area contributed by atoms with Crippen LogP contribution in [0.15, 0.2) is 42.5 Å². The van der Waals surface area contributed by atoms with Crippen LogP contribution in [-0.2, 0) is 4.79 Å². The van der Waals surface area contributed by atoms with Crippen molar-refractivity contribution in [2.75, 3.05) is 6.61 Å². The molecule has 23 heavy (non-hydrogen) atoms. The maximum absolute atomic E-state index is 12.2. The van der Waals surface area contributed by atoms with Crippen LogP contribution in [0.3, 0.4) is 0 Å². The van der Waals surface area contributed by atoms with Gasteiger partial charge in [-0.05, 0) is 49.9 Å². The van der Waals surface area contributed by atoms with Gasteiger partial charge < -0.3 is 10.1 Å². The number of carbonyl (C=O) groups is 1. The van der Waals surface area contributed by atoms with Gasteiger partial charge in [0.05, 0.1) is 6.04 Å². The summed E-state index contributed by atoms with van der Waals surface area (Å²) in [4.78, 5) is 12.2. The molecule has 1 N–H and O–H groups in total. The Morgan fingerprint density at radius 3 is 2.35 bits per heavy atom. The first kappa shape index (κ1) is 17.1. The SMILES string of the molecule is CC[C@H](NC(=O)COc1cc(C)ccc1C)c1ccc(C)cc1. The van der Waals surface area contributed by atoms with Crippen molar-refractivity contribution < 1.29 is 9.53 Å². The quantitative estimate of drug-likeness (QED) is 0.865. The fourth-order valence-corrected chi connectivity index (χ4v) is 2.46. The van der Waals surface area contributed by atoms with E-state index in [4.69, 9.17) is 4.74 Å². The lowest BCUT2D eigenvalue weighted by atomic mass is 10.0. The van der Waals surface area contributed by atoms with Crippen LogP contribution in [-0.4, -0.2) is 12.5 Å². The molecule has 2 aromatic carbocycles. The van der Waals surface area contributed by atoms with E-state index in [-0.39, 0.29) is 18.6 Å². The standard InChI is InChI=1S/C20H25NO2/c1-5-18(17-10-7-14(2)8-11-17)21-20(22)13-23-19-12-15(3)6-9-16(19)4/h6-12,18H,5,13H2,1-4H3,(H,21,22)/t18-/m0/s1. The summed E-state index contributed by atoms with van der Waals surface area (Å²) in [5, 5.41) is 3.04. The Kier molecular flexibility index (Phi) is 5.80. The summed E-state index contributed by atoms with van der Waals surface area (Å²) >= 11 is 0. The van der Waals surface area contributed by atoms with E-state index in [1.54, 1.807) is 0 Å². The summed E-state index contributed by atoms with van der Waals surface area (Å²) in [7, 11) is 0. The highest BCUT2D eigenvalue weighted by Gasteiger charge is 2.13. The first-order valence-corrected chi connectivity index (χ1v) is 8.05. The second kappa shape index (κ2) is 7.82. The Hall–Kier alpha value is -2.29. The van der Waals surface area contributed by atoms with Gasteiger partial charge in [0.1, 0.15) is 5.75 Å². The van der Waals surface area contributed by atoms with Crippen LogP contribution in [0.4, 0.5) is 0 Å². The van der Waals surface area contributed by atoms with Crippen LogP contribution in [0, 0.1) is 20.8 Å². The fourth-order valence-electron chi connectivity index (χ4n) is 2.46. The number of carbonyl (C=O) groups excluding carboxylic acids is 1. The number of hydrogen-bond donors (Lipinski definition) is 1. The maximum atomic E-state index is 12.2. The number of amides is 1. The second-order valence-corrected chi connectivity index (χ2v) is 6.00. The minimum atomic E-state index is -0.0988. The Balaban J connectivity index is 1.95. The largest absolute Gasteiger partial charge is 0.483 e. The van der Waals surface area contributed by atoms with E-state index in [9.17, 15) is 4.79 Å². The van der Waals surface area contributed by atoms with Crippen molar-refractivity contribution in [2.24, 2.45) is 0 Å². The maximum Gasteiger partial charge on any atom is 0.258 e. The average molecular weight is 311 g/mol. The highest BCUT2D eigenvalue weighted by molar-refractivity contribution is 5.78. The molecule has 0 saturated carbocycles. The summed E-state index contributed by atoms with van der Waals surface area (Å²) in [6, 6.07) is 14.3. The van der Waals surface area contributed by atoms with Crippen molar-refractivity contribution in [1.82, 2.24) is 5.32 Å². The lowest BCUT2D eigenvalue weighted by molar-refractivity contribution is -0.123. The van der Waals surface area contributed by atoms with Gasteiger partial charge in [-0.3, -0.25) is 4.79 Å². The number of hydrogen-bond acceptors (Lipinski definition) is 2. The molecule has 2 rings (SSSR count). The van der Waals surface area contributed by atoms with Gasteiger partial charge in [0.2, 0.25) is 0 Å². The van der Waals surface area contributed by atoms with Crippen molar-refractivity contribution in [3.63, 3.8) is 0 Å². The first-order valence-electron chi connectivity index (χ1n) is 8.05.